The number of fused-ring (bicyclic) bond motifs is 1. The fraction of sp³-hybridized carbons (Fsp3) is 0.625. The van der Waals surface area contributed by atoms with Crippen LogP contribution in [0.25, 0.3) is 0 Å². The minimum atomic E-state index is -0.0885. The van der Waals surface area contributed by atoms with Crippen LogP contribution >= 0.6 is 0 Å². The zero-order valence-corrected chi connectivity index (χ0v) is 12.1. The quantitative estimate of drug-likeness (QED) is 0.853. The van der Waals surface area contributed by atoms with E-state index in [-0.39, 0.29) is 18.2 Å². The van der Waals surface area contributed by atoms with Gasteiger partial charge in [-0.25, -0.2) is 4.79 Å². The Morgan fingerprint density at radius 2 is 2.10 bits per heavy atom. The summed E-state index contributed by atoms with van der Waals surface area (Å²) in [6.07, 6.45) is 6.54. The number of hydrogen-bond donors (Lipinski definition) is 0. The van der Waals surface area contributed by atoms with Gasteiger partial charge in [-0.1, -0.05) is 18.9 Å². The Bertz CT molecular complexity index is 516. The first-order chi connectivity index (χ1) is 10.3. The number of carbonyl (C=O) groups excluding carboxylic acids is 1. The summed E-state index contributed by atoms with van der Waals surface area (Å²) in [6, 6.07) is 6.65. The van der Waals surface area contributed by atoms with Crippen LogP contribution < -0.4 is 0 Å². The van der Waals surface area contributed by atoms with Crippen molar-refractivity contribution in [2.75, 3.05) is 13.1 Å². The molecule has 0 spiro atoms. The number of carbonyl (C=O) groups is 1. The molecule has 0 unspecified atom stereocenters. The third kappa shape index (κ3) is 2.39. The first-order valence-electron chi connectivity index (χ1n) is 7.92. The number of pyridine rings is 1. The Labute approximate surface area is 124 Å². The molecule has 21 heavy (non-hydrogen) atoms. The molecule has 3 fully saturated rings. The SMILES string of the molecule is O=C1O[C@H]2CN(Cc3ccccn3)C[C@H]2N1C1CCCC1. The molecule has 3 heterocycles. The third-order valence-corrected chi connectivity index (χ3v) is 4.96. The van der Waals surface area contributed by atoms with E-state index in [9.17, 15) is 4.79 Å². The Balaban J connectivity index is 1.44. The van der Waals surface area contributed by atoms with Gasteiger partial charge in [-0.05, 0) is 25.0 Å². The highest BCUT2D eigenvalue weighted by molar-refractivity contribution is 5.71. The molecule has 112 valence electrons. The van der Waals surface area contributed by atoms with E-state index in [4.69, 9.17) is 4.74 Å². The van der Waals surface area contributed by atoms with E-state index >= 15 is 0 Å². The molecule has 2 atom stereocenters. The molecule has 1 aromatic rings. The first kappa shape index (κ1) is 13.1. The van der Waals surface area contributed by atoms with Gasteiger partial charge in [-0.3, -0.25) is 14.8 Å². The molecule has 2 aliphatic heterocycles. The van der Waals surface area contributed by atoms with Crippen LogP contribution in [-0.2, 0) is 11.3 Å². The summed E-state index contributed by atoms with van der Waals surface area (Å²) in [5, 5.41) is 0. The smallest absolute Gasteiger partial charge is 0.410 e. The van der Waals surface area contributed by atoms with Crippen LogP contribution in [0.3, 0.4) is 0 Å². The summed E-state index contributed by atoms with van der Waals surface area (Å²) in [5.41, 5.74) is 1.08. The van der Waals surface area contributed by atoms with E-state index in [0.717, 1.165) is 38.2 Å². The highest BCUT2D eigenvalue weighted by Crippen LogP contribution is 2.34. The molecule has 0 radical (unpaired) electrons. The van der Waals surface area contributed by atoms with Gasteiger partial charge in [0.2, 0.25) is 0 Å². The van der Waals surface area contributed by atoms with Crippen molar-refractivity contribution in [2.24, 2.45) is 0 Å². The van der Waals surface area contributed by atoms with Crippen molar-refractivity contribution in [3.8, 4) is 0 Å². The van der Waals surface area contributed by atoms with Crippen molar-refractivity contribution in [3.05, 3.63) is 30.1 Å². The number of ether oxygens (including phenoxy) is 1. The predicted octanol–water partition coefficient (Wildman–Crippen LogP) is 2.03. The third-order valence-electron chi connectivity index (χ3n) is 4.96. The molecule has 1 amide bonds. The molecule has 1 saturated carbocycles. The summed E-state index contributed by atoms with van der Waals surface area (Å²) in [6.45, 7) is 2.57. The van der Waals surface area contributed by atoms with Crippen molar-refractivity contribution >= 4 is 6.09 Å². The molecule has 3 aliphatic rings. The van der Waals surface area contributed by atoms with Crippen molar-refractivity contribution < 1.29 is 9.53 Å². The zero-order valence-electron chi connectivity index (χ0n) is 12.1. The van der Waals surface area contributed by atoms with E-state index < -0.39 is 0 Å². The standard InChI is InChI=1S/C16H21N3O2/c20-16-19(13-6-1-2-7-13)14-10-18(11-15(14)21-16)9-12-5-3-4-8-17-12/h3-5,8,13-15H,1-2,6-7,9-11H2/t14-,15+/m1/s1. The molecular weight excluding hydrogens is 266 g/mol. The lowest BCUT2D eigenvalue weighted by Gasteiger charge is -2.27. The normalized spacial score (nSPS) is 29.9. The fourth-order valence-electron chi connectivity index (χ4n) is 3.99. The van der Waals surface area contributed by atoms with Crippen LogP contribution in [0.1, 0.15) is 31.4 Å². The summed E-state index contributed by atoms with van der Waals surface area (Å²) in [4.78, 5) is 20.9. The van der Waals surface area contributed by atoms with E-state index in [2.05, 4.69) is 16.0 Å². The van der Waals surface area contributed by atoms with E-state index in [1.807, 2.05) is 23.2 Å². The first-order valence-corrected chi connectivity index (χ1v) is 7.92. The number of likely N-dealkylation sites (tertiary alicyclic amines) is 1. The van der Waals surface area contributed by atoms with Crippen LogP contribution in [0, 0.1) is 0 Å². The largest absolute Gasteiger partial charge is 0.442 e. The molecular formula is C16H21N3O2. The van der Waals surface area contributed by atoms with E-state index in [1.54, 1.807) is 0 Å². The second kappa shape index (κ2) is 5.30. The molecule has 0 bridgehead atoms. The average molecular weight is 287 g/mol. The highest BCUT2D eigenvalue weighted by Gasteiger charge is 2.50. The average Bonchev–Trinajstić information content (AvgIpc) is 3.16. The minimum Gasteiger partial charge on any atom is -0.442 e. The number of amides is 1. The lowest BCUT2D eigenvalue weighted by molar-refractivity contribution is 0.113. The Hall–Kier alpha value is -1.62. The lowest BCUT2D eigenvalue weighted by Crippen LogP contribution is -2.43. The van der Waals surface area contributed by atoms with Gasteiger partial charge in [-0.2, -0.15) is 0 Å². The summed E-state index contributed by atoms with van der Waals surface area (Å²) >= 11 is 0. The molecule has 1 aromatic heterocycles. The van der Waals surface area contributed by atoms with Crippen molar-refractivity contribution in [1.29, 1.82) is 0 Å². The number of aromatic nitrogens is 1. The summed E-state index contributed by atoms with van der Waals surface area (Å²) in [5.74, 6) is 0. The second-order valence-electron chi connectivity index (χ2n) is 6.35. The number of hydrogen-bond acceptors (Lipinski definition) is 4. The van der Waals surface area contributed by atoms with E-state index in [0.29, 0.717) is 6.04 Å². The van der Waals surface area contributed by atoms with Crippen LogP contribution in [-0.4, -0.2) is 52.2 Å². The molecule has 0 aromatic carbocycles. The molecule has 5 nitrogen and oxygen atoms in total. The Morgan fingerprint density at radius 1 is 1.24 bits per heavy atom. The van der Waals surface area contributed by atoms with Crippen molar-refractivity contribution in [1.82, 2.24) is 14.8 Å². The molecule has 2 saturated heterocycles. The summed E-state index contributed by atoms with van der Waals surface area (Å²) < 4.78 is 5.60. The highest BCUT2D eigenvalue weighted by atomic mass is 16.6. The number of rotatable bonds is 3. The Morgan fingerprint density at radius 3 is 2.86 bits per heavy atom. The van der Waals surface area contributed by atoms with Gasteiger partial charge in [0.1, 0.15) is 6.10 Å². The van der Waals surface area contributed by atoms with Gasteiger partial charge in [0.05, 0.1) is 11.7 Å². The second-order valence-corrected chi connectivity index (χ2v) is 6.35. The fourth-order valence-corrected chi connectivity index (χ4v) is 3.99. The predicted molar refractivity (Wildman–Crippen MR) is 77.7 cm³/mol. The van der Waals surface area contributed by atoms with Crippen LogP contribution in [0.5, 0.6) is 0 Å². The topological polar surface area (TPSA) is 45.7 Å². The van der Waals surface area contributed by atoms with Crippen LogP contribution in [0.15, 0.2) is 24.4 Å². The minimum absolute atomic E-state index is 0.0433. The van der Waals surface area contributed by atoms with Crippen LogP contribution in [0.2, 0.25) is 0 Å². The van der Waals surface area contributed by atoms with Crippen molar-refractivity contribution in [2.45, 2.75) is 50.4 Å². The van der Waals surface area contributed by atoms with Crippen LogP contribution in [0.4, 0.5) is 4.79 Å². The maximum absolute atomic E-state index is 12.1. The van der Waals surface area contributed by atoms with Gasteiger partial charge >= 0.3 is 6.09 Å². The van der Waals surface area contributed by atoms with Gasteiger partial charge in [0, 0.05) is 31.9 Å². The van der Waals surface area contributed by atoms with Gasteiger partial charge < -0.3 is 4.74 Å². The Kier molecular flexibility index (Phi) is 3.30. The van der Waals surface area contributed by atoms with Gasteiger partial charge in [0.15, 0.2) is 0 Å². The van der Waals surface area contributed by atoms with Crippen molar-refractivity contribution in [3.63, 3.8) is 0 Å². The molecule has 1 aliphatic carbocycles. The number of nitrogens with zero attached hydrogens (tertiary/aromatic N) is 3. The maximum atomic E-state index is 12.1. The maximum Gasteiger partial charge on any atom is 0.410 e. The molecule has 4 rings (SSSR count). The van der Waals surface area contributed by atoms with E-state index in [1.165, 1.54) is 12.8 Å². The van der Waals surface area contributed by atoms with Gasteiger partial charge in [0.25, 0.3) is 0 Å². The summed E-state index contributed by atoms with van der Waals surface area (Å²) in [7, 11) is 0. The zero-order chi connectivity index (χ0) is 14.2. The van der Waals surface area contributed by atoms with Gasteiger partial charge in [-0.15, -0.1) is 0 Å². The molecule has 5 heteroatoms. The lowest BCUT2D eigenvalue weighted by atomic mass is 10.1. The molecule has 0 N–H and O–H groups in total. The monoisotopic (exact) mass is 287 g/mol.